The molecule has 4 rings (SSSR count). The molecular formula is C18H23FN4O3S. The Morgan fingerprint density at radius 3 is 2.52 bits per heavy atom. The van der Waals surface area contributed by atoms with Crippen LogP contribution in [-0.2, 0) is 10.2 Å². The number of nitrogens with one attached hydrogen (secondary N) is 1. The molecule has 2 aromatic rings. The molecule has 2 fully saturated rings. The van der Waals surface area contributed by atoms with Gasteiger partial charge in [-0.05, 0) is 32.3 Å². The van der Waals surface area contributed by atoms with Crippen LogP contribution in [0, 0.1) is 12.7 Å². The topological polar surface area (TPSA) is 84.3 Å². The highest BCUT2D eigenvalue weighted by Gasteiger charge is 2.30. The summed E-state index contributed by atoms with van der Waals surface area (Å²) in [5.74, 6) is -1.69. The Balaban J connectivity index is 1.67. The minimum absolute atomic E-state index is 0.237. The quantitative estimate of drug-likeness (QED) is 0.864. The smallest absolute Gasteiger partial charge is 0.268 e. The molecule has 1 saturated carbocycles. The third-order valence-corrected chi connectivity index (χ3v) is 7.01. The molecule has 1 amide bonds. The summed E-state index contributed by atoms with van der Waals surface area (Å²) in [6.45, 7) is 2.56. The molecule has 0 radical (unpaired) electrons. The monoisotopic (exact) mass is 394 g/mol. The molecule has 1 saturated heterocycles. The number of hydrogen-bond donors (Lipinski definition) is 1. The van der Waals surface area contributed by atoms with E-state index in [2.05, 4.69) is 5.10 Å². The second-order valence-corrected chi connectivity index (χ2v) is 9.03. The van der Waals surface area contributed by atoms with Crippen molar-refractivity contribution in [2.75, 3.05) is 13.1 Å². The van der Waals surface area contributed by atoms with E-state index in [1.807, 2.05) is 16.3 Å². The van der Waals surface area contributed by atoms with Crippen LogP contribution in [0.3, 0.4) is 0 Å². The highest BCUT2D eigenvalue weighted by atomic mass is 32.2. The normalized spacial score (nSPS) is 19.2. The van der Waals surface area contributed by atoms with Gasteiger partial charge in [-0.2, -0.15) is 17.8 Å². The van der Waals surface area contributed by atoms with Crippen molar-refractivity contribution in [3.63, 3.8) is 0 Å². The van der Waals surface area contributed by atoms with Crippen molar-refractivity contribution in [2.45, 2.75) is 51.5 Å². The predicted molar refractivity (Wildman–Crippen MR) is 99.1 cm³/mol. The van der Waals surface area contributed by atoms with E-state index >= 15 is 0 Å². The molecule has 0 atom stereocenters. The lowest BCUT2D eigenvalue weighted by molar-refractivity contribution is 0.0974. The Morgan fingerprint density at radius 1 is 1.19 bits per heavy atom. The lowest BCUT2D eigenvalue weighted by atomic mass is 9.95. The third kappa shape index (κ3) is 3.34. The van der Waals surface area contributed by atoms with Crippen LogP contribution in [0.2, 0.25) is 0 Å². The fourth-order valence-corrected chi connectivity index (χ4v) is 5.07. The van der Waals surface area contributed by atoms with Gasteiger partial charge in [0, 0.05) is 24.5 Å². The Morgan fingerprint density at radius 2 is 1.89 bits per heavy atom. The van der Waals surface area contributed by atoms with E-state index in [0.717, 1.165) is 36.4 Å². The van der Waals surface area contributed by atoms with Crippen molar-refractivity contribution in [2.24, 2.45) is 0 Å². The van der Waals surface area contributed by atoms with Crippen molar-refractivity contribution in [1.82, 2.24) is 18.8 Å². The van der Waals surface area contributed by atoms with Crippen LogP contribution in [0.4, 0.5) is 4.39 Å². The number of benzene rings is 1. The van der Waals surface area contributed by atoms with E-state index < -0.39 is 21.9 Å². The molecule has 27 heavy (non-hydrogen) atoms. The van der Waals surface area contributed by atoms with Crippen LogP contribution in [-0.4, -0.2) is 41.5 Å². The number of carbonyl (C=O) groups excluding carboxylic acids is 1. The second kappa shape index (κ2) is 6.87. The highest BCUT2D eigenvalue weighted by Crippen LogP contribution is 2.32. The number of fused-ring (bicyclic) bond motifs is 1. The van der Waals surface area contributed by atoms with E-state index in [4.69, 9.17) is 0 Å². The standard InChI is InChI=1S/C18H23FN4O3S/c1-12-14-10-15(18(24)21-27(25,26)22-8-5-9-22)16(19)11-17(14)23(20-12)13-6-3-2-4-7-13/h10-11,13H,2-9H2,1H3,(H,21,24). The van der Waals surface area contributed by atoms with Gasteiger partial charge in [0.15, 0.2) is 0 Å². The minimum Gasteiger partial charge on any atom is -0.268 e. The van der Waals surface area contributed by atoms with Gasteiger partial charge in [0.2, 0.25) is 0 Å². The zero-order valence-electron chi connectivity index (χ0n) is 15.2. The van der Waals surface area contributed by atoms with Gasteiger partial charge in [0.25, 0.3) is 5.91 Å². The molecule has 9 heteroatoms. The van der Waals surface area contributed by atoms with Crippen LogP contribution in [0.25, 0.3) is 10.9 Å². The van der Waals surface area contributed by atoms with Crippen LogP contribution >= 0.6 is 0 Å². The van der Waals surface area contributed by atoms with Crippen LogP contribution < -0.4 is 4.72 Å². The van der Waals surface area contributed by atoms with E-state index in [1.165, 1.54) is 18.6 Å². The van der Waals surface area contributed by atoms with E-state index in [-0.39, 0.29) is 11.6 Å². The first-order chi connectivity index (χ1) is 12.9. The average molecular weight is 394 g/mol. The van der Waals surface area contributed by atoms with Crippen molar-refractivity contribution < 1.29 is 17.6 Å². The van der Waals surface area contributed by atoms with Crippen molar-refractivity contribution in [1.29, 1.82) is 0 Å². The number of hydrogen-bond acceptors (Lipinski definition) is 4. The van der Waals surface area contributed by atoms with Crippen molar-refractivity contribution in [3.8, 4) is 0 Å². The van der Waals surface area contributed by atoms with E-state index in [1.54, 1.807) is 0 Å². The summed E-state index contributed by atoms with van der Waals surface area (Å²) in [6.07, 6.45) is 6.24. The van der Waals surface area contributed by atoms with Crippen LogP contribution in [0.5, 0.6) is 0 Å². The van der Waals surface area contributed by atoms with Crippen molar-refractivity contribution in [3.05, 3.63) is 29.2 Å². The second-order valence-electron chi connectivity index (χ2n) is 7.36. The maximum atomic E-state index is 14.7. The maximum Gasteiger partial charge on any atom is 0.304 e. The van der Waals surface area contributed by atoms with Crippen LogP contribution in [0.1, 0.15) is 60.6 Å². The molecule has 1 aliphatic heterocycles. The first-order valence-electron chi connectivity index (χ1n) is 9.37. The largest absolute Gasteiger partial charge is 0.304 e. The zero-order chi connectivity index (χ0) is 19.2. The molecule has 1 aromatic carbocycles. The van der Waals surface area contributed by atoms with Gasteiger partial charge in [0.1, 0.15) is 5.82 Å². The number of nitrogens with zero attached hydrogens (tertiary/aromatic N) is 3. The molecule has 0 unspecified atom stereocenters. The van der Waals surface area contributed by atoms with Gasteiger partial charge in [-0.15, -0.1) is 0 Å². The summed E-state index contributed by atoms with van der Waals surface area (Å²) in [4.78, 5) is 12.4. The molecule has 0 bridgehead atoms. The molecule has 7 nitrogen and oxygen atoms in total. The Hall–Kier alpha value is -2.00. The molecule has 0 spiro atoms. The summed E-state index contributed by atoms with van der Waals surface area (Å²) in [5.41, 5.74) is 1.08. The SMILES string of the molecule is Cc1nn(C2CCCCC2)c2cc(F)c(C(=O)NS(=O)(=O)N3CCC3)cc12. The summed E-state index contributed by atoms with van der Waals surface area (Å²) >= 11 is 0. The van der Waals surface area contributed by atoms with Gasteiger partial charge in [-0.25, -0.2) is 9.11 Å². The fourth-order valence-electron chi connectivity index (χ4n) is 3.85. The van der Waals surface area contributed by atoms with Gasteiger partial charge < -0.3 is 0 Å². The van der Waals surface area contributed by atoms with Crippen LogP contribution in [0.15, 0.2) is 12.1 Å². The number of aryl methyl sites for hydroxylation is 1. The Labute approximate surface area is 157 Å². The first kappa shape index (κ1) is 18.4. The fraction of sp³-hybridized carbons (Fsp3) is 0.556. The third-order valence-electron chi connectivity index (χ3n) is 5.52. The van der Waals surface area contributed by atoms with Crippen molar-refractivity contribution >= 4 is 27.0 Å². The molecule has 1 aliphatic carbocycles. The summed E-state index contributed by atoms with van der Waals surface area (Å²) in [6, 6.07) is 2.95. The number of amides is 1. The van der Waals surface area contributed by atoms with E-state index in [0.29, 0.717) is 29.7 Å². The molecule has 2 heterocycles. The van der Waals surface area contributed by atoms with Gasteiger partial charge in [-0.3, -0.25) is 9.48 Å². The number of aromatic nitrogens is 2. The molecule has 2 aliphatic rings. The Bertz CT molecular complexity index is 992. The molecule has 146 valence electrons. The maximum absolute atomic E-state index is 14.7. The average Bonchev–Trinajstić information content (AvgIpc) is 2.88. The molecule has 1 N–H and O–H groups in total. The van der Waals surface area contributed by atoms with Gasteiger partial charge in [-0.1, -0.05) is 19.3 Å². The number of halogens is 1. The van der Waals surface area contributed by atoms with E-state index in [9.17, 15) is 17.6 Å². The van der Waals surface area contributed by atoms with Gasteiger partial charge in [0.05, 0.1) is 22.8 Å². The lowest BCUT2D eigenvalue weighted by Crippen LogP contribution is -2.49. The summed E-state index contributed by atoms with van der Waals surface area (Å²) in [5, 5.41) is 5.25. The first-order valence-corrected chi connectivity index (χ1v) is 10.8. The minimum atomic E-state index is -3.92. The lowest BCUT2D eigenvalue weighted by Gasteiger charge is -2.29. The zero-order valence-corrected chi connectivity index (χ0v) is 16.1. The molecular weight excluding hydrogens is 371 g/mol. The van der Waals surface area contributed by atoms with Gasteiger partial charge >= 0.3 is 10.2 Å². The summed E-state index contributed by atoms with van der Waals surface area (Å²) in [7, 11) is -3.92. The predicted octanol–water partition coefficient (Wildman–Crippen LogP) is 2.67. The molecule has 1 aromatic heterocycles. The number of carbonyl (C=O) groups is 1. The summed E-state index contributed by atoms with van der Waals surface area (Å²) < 4.78 is 43.9. The number of rotatable bonds is 4. The Kier molecular flexibility index (Phi) is 4.67. The highest BCUT2D eigenvalue weighted by molar-refractivity contribution is 7.87.